The van der Waals surface area contributed by atoms with Crippen molar-refractivity contribution in [1.29, 1.82) is 0 Å². The SMILES string of the molecule is CCSCCCOC(=O)c1cc(F)c(N)cc1F. The molecule has 0 aliphatic heterocycles. The minimum atomic E-state index is -0.873. The van der Waals surface area contributed by atoms with Gasteiger partial charge in [0, 0.05) is 6.07 Å². The van der Waals surface area contributed by atoms with Gasteiger partial charge in [-0.3, -0.25) is 0 Å². The van der Waals surface area contributed by atoms with Crippen LogP contribution in [-0.2, 0) is 4.74 Å². The summed E-state index contributed by atoms with van der Waals surface area (Å²) >= 11 is 1.72. The van der Waals surface area contributed by atoms with Crippen molar-refractivity contribution in [3.05, 3.63) is 29.3 Å². The number of thioether (sulfide) groups is 1. The molecule has 0 aromatic heterocycles. The summed E-state index contributed by atoms with van der Waals surface area (Å²) < 4.78 is 31.3. The lowest BCUT2D eigenvalue weighted by Crippen LogP contribution is -2.10. The summed E-state index contributed by atoms with van der Waals surface area (Å²) in [6.07, 6.45) is 0.684. The Balaban J connectivity index is 2.54. The van der Waals surface area contributed by atoms with Gasteiger partial charge in [-0.2, -0.15) is 11.8 Å². The molecule has 6 heteroatoms. The summed E-state index contributed by atoms with van der Waals surface area (Å²) in [7, 11) is 0. The van der Waals surface area contributed by atoms with Crippen LogP contribution in [0.25, 0.3) is 0 Å². The lowest BCUT2D eigenvalue weighted by atomic mass is 10.2. The number of nitrogen functional groups attached to an aromatic ring is 1. The molecule has 0 heterocycles. The van der Waals surface area contributed by atoms with Gasteiger partial charge in [-0.05, 0) is 24.0 Å². The number of rotatable bonds is 6. The third-order valence-corrected chi connectivity index (χ3v) is 3.16. The second-order valence-electron chi connectivity index (χ2n) is 3.54. The number of nitrogens with two attached hydrogens (primary N) is 1. The first-order valence-corrected chi connectivity index (χ1v) is 6.71. The van der Waals surface area contributed by atoms with E-state index in [9.17, 15) is 13.6 Å². The van der Waals surface area contributed by atoms with Gasteiger partial charge in [-0.1, -0.05) is 6.92 Å². The third-order valence-electron chi connectivity index (χ3n) is 2.18. The molecule has 0 bridgehead atoms. The van der Waals surface area contributed by atoms with E-state index in [1.807, 2.05) is 6.92 Å². The fraction of sp³-hybridized carbons (Fsp3) is 0.417. The van der Waals surface area contributed by atoms with Crippen LogP contribution in [0.15, 0.2) is 12.1 Å². The molecule has 0 unspecified atom stereocenters. The number of ether oxygens (including phenoxy) is 1. The highest BCUT2D eigenvalue weighted by molar-refractivity contribution is 7.99. The highest BCUT2D eigenvalue weighted by Gasteiger charge is 2.16. The molecule has 0 fully saturated rings. The van der Waals surface area contributed by atoms with Crippen molar-refractivity contribution < 1.29 is 18.3 Å². The molecule has 0 saturated carbocycles. The smallest absolute Gasteiger partial charge is 0.341 e. The van der Waals surface area contributed by atoms with Crippen molar-refractivity contribution in [2.45, 2.75) is 13.3 Å². The maximum Gasteiger partial charge on any atom is 0.341 e. The third kappa shape index (κ3) is 4.18. The molecule has 18 heavy (non-hydrogen) atoms. The van der Waals surface area contributed by atoms with Gasteiger partial charge in [0.25, 0.3) is 0 Å². The average molecular weight is 275 g/mol. The molecule has 100 valence electrons. The maximum atomic E-state index is 13.4. The van der Waals surface area contributed by atoms with Crippen molar-refractivity contribution in [1.82, 2.24) is 0 Å². The molecule has 1 aromatic rings. The van der Waals surface area contributed by atoms with Crippen LogP contribution in [0.4, 0.5) is 14.5 Å². The molecule has 0 radical (unpaired) electrons. The second kappa shape index (κ2) is 7.20. The molecule has 2 N–H and O–H groups in total. The van der Waals surface area contributed by atoms with Crippen molar-refractivity contribution in [2.24, 2.45) is 0 Å². The monoisotopic (exact) mass is 275 g/mol. The molecule has 0 aliphatic rings. The largest absolute Gasteiger partial charge is 0.462 e. The van der Waals surface area contributed by atoms with Gasteiger partial charge < -0.3 is 10.5 Å². The molecule has 0 saturated heterocycles. The van der Waals surface area contributed by atoms with Crippen molar-refractivity contribution in [2.75, 3.05) is 23.8 Å². The Morgan fingerprint density at radius 3 is 2.78 bits per heavy atom. The quantitative estimate of drug-likeness (QED) is 0.493. The number of hydrogen-bond donors (Lipinski definition) is 1. The molecular weight excluding hydrogens is 260 g/mol. The van der Waals surface area contributed by atoms with E-state index in [1.165, 1.54) is 0 Å². The van der Waals surface area contributed by atoms with E-state index in [-0.39, 0.29) is 12.3 Å². The zero-order chi connectivity index (χ0) is 13.5. The Kier molecular flexibility index (Phi) is 5.91. The van der Waals surface area contributed by atoms with Gasteiger partial charge in [0.15, 0.2) is 0 Å². The number of halogens is 2. The van der Waals surface area contributed by atoms with E-state index in [0.717, 1.165) is 23.6 Å². The molecular formula is C12H15F2NO2S. The topological polar surface area (TPSA) is 52.3 Å². The van der Waals surface area contributed by atoms with Crippen LogP contribution < -0.4 is 5.73 Å². The van der Waals surface area contributed by atoms with E-state index in [4.69, 9.17) is 10.5 Å². The Morgan fingerprint density at radius 1 is 1.39 bits per heavy atom. The molecule has 1 aromatic carbocycles. The van der Waals surface area contributed by atoms with Crippen molar-refractivity contribution >= 4 is 23.4 Å². The van der Waals surface area contributed by atoms with Crippen LogP contribution >= 0.6 is 11.8 Å². The summed E-state index contributed by atoms with van der Waals surface area (Å²) in [6, 6.07) is 1.53. The maximum absolute atomic E-state index is 13.4. The van der Waals surface area contributed by atoms with E-state index in [1.54, 1.807) is 11.8 Å². The normalized spacial score (nSPS) is 10.4. The minimum Gasteiger partial charge on any atom is -0.462 e. The number of carbonyl (C=O) groups is 1. The fourth-order valence-corrected chi connectivity index (χ4v) is 1.88. The highest BCUT2D eigenvalue weighted by Crippen LogP contribution is 2.17. The lowest BCUT2D eigenvalue weighted by molar-refractivity contribution is 0.0500. The highest BCUT2D eigenvalue weighted by atomic mass is 32.2. The summed E-state index contributed by atoms with van der Waals surface area (Å²) in [5.41, 5.74) is 4.42. The van der Waals surface area contributed by atoms with Crippen LogP contribution in [0.1, 0.15) is 23.7 Å². The summed E-state index contributed by atoms with van der Waals surface area (Å²) in [6.45, 7) is 2.22. The van der Waals surface area contributed by atoms with Gasteiger partial charge in [-0.15, -0.1) is 0 Å². The van der Waals surface area contributed by atoms with Crippen LogP contribution in [0.5, 0.6) is 0 Å². The van der Waals surface area contributed by atoms with Gasteiger partial charge in [0.2, 0.25) is 0 Å². The van der Waals surface area contributed by atoms with Crippen LogP contribution in [0.2, 0.25) is 0 Å². The Hall–Kier alpha value is -1.30. The van der Waals surface area contributed by atoms with Gasteiger partial charge >= 0.3 is 5.97 Å². The second-order valence-corrected chi connectivity index (χ2v) is 4.93. The Bertz CT molecular complexity index is 427. The zero-order valence-electron chi connectivity index (χ0n) is 10.0. The minimum absolute atomic E-state index is 0.192. The number of carbonyl (C=O) groups excluding carboxylic acids is 1. The van der Waals surface area contributed by atoms with Gasteiger partial charge in [-0.25, -0.2) is 13.6 Å². The molecule has 0 amide bonds. The van der Waals surface area contributed by atoms with E-state index >= 15 is 0 Å². The number of esters is 1. The van der Waals surface area contributed by atoms with Gasteiger partial charge in [0.1, 0.15) is 11.6 Å². The predicted molar refractivity (Wildman–Crippen MR) is 68.7 cm³/mol. The van der Waals surface area contributed by atoms with Gasteiger partial charge in [0.05, 0.1) is 17.9 Å². The summed E-state index contributed by atoms with van der Waals surface area (Å²) in [5.74, 6) is -0.715. The first-order valence-electron chi connectivity index (χ1n) is 5.55. The number of benzene rings is 1. The van der Waals surface area contributed by atoms with E-state index < -0.39 is 23.2 Å². The number of hydrogen-bond acceptors (Lipinski definition) is 4. The number of anilines is 1. The van der Waals surface area contributed by atoms with E-state index in [2.05, 4.69) is 0 Å². The average Bonchev–Trinajstić information content (AvgIpc) is 2.33. The standard InChI is InChI=1S/C12H15F2NO2S/c1-2-18-5-3-4-17-12(16)8-6-10(14)11(15)7-9(8)13/h6-7H,2-5,15H2,1H3. The fourth-order valence-electron chi connectivity index (χ4n) is 1.27. The summed E-state index contributed by atoms with van der Waals surface area (Å²) in [5, 5.41) is 0. The molecule has 0 aliphatic carbocycles. The van der Waals surface area contributed by atoms with Crippen LogP contribution in [-0.4, -0.2) is 24.1 Å². The molecule has 0 spiro atoms. The zero-order valence-corrected chi connectivity index (χ0v) is 10.9. The Morgan fingerprint density at radius 2 is 2.11 bits per heavy atom. The summed E-state index contributed by atoms with van der Waals surface area (Å²) in [4.78, 5) is 11.5. The lowest BCUT2D eigenvalue weighted by Gasteiger charge is -2.06. The first kappa shape index (κ1) is 14.8. The Labute approximate surface area is 109 Å². The molecule has 1 rings (SSSR count). The van der Waals surface area contributed by atoms with Crippen LogP contribution in [0, 0.1) is 11.6 Å². The van der Waals surface area contributed by atoms with E-state index in [0.29, 0.717) is 6.42 Å². The first-order chi connectivity index (χ1) is 8.56. The van der Waals surface area contributed by atoms with Crippen molar-refractivity contribution in [3.8, 4) is 0 Å². The van der Waals surface area contributed by atoms with Crippen LogP contribution in [0.3, 0.4) is 0 Å². The predicted octanol–water partition coefficient (Wildman–Crippen LogP) is 2.85. The molecule has 3 nitrogen and oxygen atoms in total. The van der Waals surface area contributed by atoms with Crippen molar-refractivity contribution in [3.63, 3.8) is 0 Å². The molecule has 0 atom stereocenters.